The molecule has 2 atom stereocenters. The van der Waals surface area contributed by atoms with E-state index in [1.54, 1.807) is 6.20 Å². The van der Waals surface area contributed by atoms with Gasteiger partial charge in [0.25, 0.3) is 0 Å². The standard InChI is InChI=1S/C24H25FN8O/c1-34-24-30-21(26)20-23(31-24)33(22(29-20)16-6-17(25)9-27-8-16)12-15-4-2-14(3-5-15)11-32-13-18-7-19(32)10-28-18/h2-6,8-9,18-19,28H,7,10-13H2,1H3,(H2,26,30,31). The van der Waals surface area contributed by atoms with Gasteiger partial charge in [-0.15, -0.1) is 0 Å². The summed E-state index contributed by atoms with van der Waals surface area (Å²) in [6.45, 7) is 3.63. The number of pyridine rings is 1. The van der Waals surface area contributed by atoms with Gasteiger partial charge in [0, 0.05) is 43.5 Å². The molecule has 0 spiro atoms. The molecule has 0 amide bonds. The van der Waals surface area contributed by atoms with Crippen LogP contribution in [0.1, 0.15) is 17.5 Å². The lowest BCUT2D eigenvalue weighted by Crippen LogP contribution is -2.42. The van der Waals surface area contributed by atoms with Crippen LogP contribution in [0.3, 0.4) is 0 Å². The van der Waals surface area contributed by atoms with Crippen molar-refractivity contribution in [2.45, 2.75) is 31.6 Å². The zero-order valence-electron chi connectivity index (χ0n) is 18.8. The molecule has 2 aliphatic rings. The average molecular weight is 461 g/mol. The van der Waals surface area contributed by atoms with Crippen molar-refractivity contribution in [1.82, 2.24) is 34.7 Å². The summed E-state index contributed by atoms with van der Waals surface area (Å²) in [5, 5.41) is 3.55. The van der Waals surface area contributed by atoms with Crippen molar-refractivity contribution >= 4 is 17.0 Å². The van der Waals surface area contributed by atoms with Crippen LogP contribution >= 0.6 is 0 Å². The predicted octanol–water partition coefficient (Wildman–Crippen LogP) is 2.21. The van der Waals surface area contributed by atoms with Gasteiger partial charge in [0.2, 0.25) is 0 Å². The van der Waals surface area contributed by atoms with E-state index in [0.29, 0.717) is 41.2 Å². The van der Waals surface area contributed by atoms with Crippen LogP contribution in [0.25, 0.3) is 22.6 Å². The van der Waals surface area contributed by atoms with Crippen molar-refractivity contribution in [1.29, 1.82) is 0 Å². The number of fused-ring (bicyclic) bond motifs is 3. The SMILES string of the molecule is COc1nc(N)c2nc(-c3cncc(F)c3)n(Cc3ccc(CN4CC5CC4CN5)cc3)c2n1. The van der Waals surface area contributed by atoms with Gasteiger partial charge in [0.1, 0.15) is 11.6 Å². The molecule has 2 saturated heterocycles. The summed E-state index contributed by atoms with van der Waals surface area (Å²) in [6.07, 6.45) is 3.98. The summed E-state index contributed by atoms with van der Waals surface area (Å²) in [7, 11) is 1.49. The Labute approximate surface area is 195 Å². The Bertz CT molecular complexity index is 1360. The summed E-state index contributed by atoms with van der Waals surface area (Å²) in [6, 6.07) is 11.4. The van der Waals surface area contributed by atoms with Crippen LogP contribution in [-0.2, 0) is 13.1 Å². The summed E-state index contributed by atoms with van der Waals surface area (Å²) in [5.41, 5.74) is 9.98. The second kappa shape index (κ2) is 8.30. The number of rotatable bonds is 6. The Hall–Kier alpha value is -3.63. The molecule has 174 valence electrons. The molecule has 2 unspecified atom stereocenters. The Kier molecular flexibility index (Phi) is 5.11. The number of nitrogens with two attached hydrogens (primary N) is 1. The quantitative estimate of drug-likeness (QED) is 0.451. The van der Waals surface area contributed by atoms with Gasteiger partial charge < -0.3 is 20.4 Å². The molecule has 34 heavy (non-hydrogen) atoms. The lowest BCUT2D eigenvalue weighted by atomic mass is 10.1. The van der Waals surface area contributed by atoms with Gasteiger partial charge in [-0.25, -0.2) is 9.37 Å². The number of benzene rings is 1. The van der Waals surface area contributed by atoms with Crippen molar-refractivity contribution in [2.75, 3.05) is 25.9 Å². The number of piperazine rings is 1. The number of aromatic nitrogens is 5. The first-order valence-corrected chi connectivity index (χ1v) is 11.3. The molecule has 2 fully saturated rings. The van der Waals surface area contributed by atoms with Crippen LogP contribution in [0.4, 0.5) is 10.2 Å². The molecule has 2 bridgehead atoms. The third-order valence-electron chi connectivity index (χ3n) is 6.67. The molecular formula is C24H25FN8O. The first-order valence-electron chi connectivity index (χ1n) is 11.3. The van der Waals surface area contributed by atoms with Gasteiger partial charge in [-0.2, -0.15) is 9.97 Å². The minimum Gasteiger partial charge on any atom is -0.467 e. The molecular weight excluding hydrogens is 435 g/mol. The largest absolute Gasteiger partial charge is 0.467 e. The number of imidazole rings is 1. The number of nitrogens with zero attached hydrogens (tertiary/aromatic N) is 6. The number of anilines is 1. The third kappa shape index (κ3) is 3.74. The van der Waals surface area contributed by atoms with E-state index in [4.69, 9.17) is 10.5 Å². The van der Waals surface area contributed by atoms with Crippen LogP contribution in [0.15, 0.2) is 42.7 Å². The first kappa shape index (κ1) is 20.9. The second-order valence-electron chi connectivity index (χ2n) is 8.92. The van der Waals surface area contributed by atoms with Crippen molar-refractivity contribution in [3.05, 3.63) is 59.7 Å². The van der Waals surface area contributed by atoms with E-state index in [1.807, 2.05) is 4.57 Å². The fourth-order valence-electron chi connectivity index (χ4n) is 5.00. The molecule has 0 aliphatic carbocycles. The van der Waals surface area contributed by atoms with Crippen molar-refractivity contribution < 1.29 is 9.13 Å². The van der Waals surface area contributed by atoms with E-state index in [1.165, 1.54) is 25.2 Å². The second-order valence-corrected chi connectivity index (χ2v) is 8.92. The van der Waals surface area contributed by atoms with Gasteiger partial charge >= 0.3 is 6.01 Å². The Morgan fingerprint density at radius 3 is 2.59 bits per heavy atom. The molecule has 10 heteroatoms. The summed E-state index contributed by atoms with van der Waals surface area (Å²) in [4.78, 5) is 19.8. The van der Waals surface area contributed by atoms with Gasteiger partial charge in [-0.1, -0.05) is 24.3 Å². The third-order valence-corrected chi connectivity index (χ3v) is 6.67. The number of halogens is 1. The van der Waals surface area contributed by atoms with Crippen LogP contribution in [0.2, 0.25) is 0 Å². The molecule has 5 heterocycles. The highest BCUT2D eigenvalue weighted by atomic mass is 19.1. The van der Waals surface area contributed by atoms with E-state index in [-0.39, 0.29) is 11.8 Å². The highest BCUT2D eigenvalue weighted by Crippen LogP contribution is 2.29. The molecule has 3 N–H and O–H groups in total. The topological polar surface area (TPSA) is 107 Å². The van der Waals surface area contributed by atoms with E-state index in [0.717, 1.165) is 31.4 Å². The maximum absolute atomic E-state index is 14.0. The highest BCUT2D eigenvalue weighted by Gasteiger charge is 2.37. The zero-order valence-corrected chi connectivity index (χ0v) is 18.8. The van der Waals surface area contributed by atoms with Crippen molar-refractivity contribution in [3.63, 3.8) is 0 Å². The molecule has 0 saturated carbocycles. The maximum atomic E-state index is 14.0. The van der Waals surface area contributed by atoms with Crippen LogP contribution in [0.5, 0.6) is 6.01 Å². The van der Waals surface area contributed by atoms with E-state index < -0.39 is 5.82 Å². The first-order chi connectivity index (χ1) is 16.6. The van der Waals surface area contributed by atoms with E-state index >= 15 is 0 Å². The lowest BCUT2D eigenvalue weighted by molar-refractivity contribution is 0.218. The van der Waals surface area contributed by atoms with Gasteiger partial charge in [-0.05, 0) is 23.6 Å². The molecule has 4 aromatic rings. The number of likely N-dealkylation sites (tertiary alicyclic amines) is 1. The maximum Gasteiger partial charge on any atom is 0.320 e. The predicted molar refractivity (Wildman–Crippen MR) is 126 cm³/mol. The fraction of sp³-hybridized carbons (Fsp3) is 0.333. The number of nitrogens with one attached hydrogen (secondary N) is 1. The van der Waals surface area contributed by atoms with Crippen molar-refractivity contribution in [3.8, 4) is 17.4 Å². The molecule has 0 radical (unpaired) electrons. The Morgan fingerprint density at radius 2 is 1.91 bits per heavy atom. The molecule has 9 nitrogen and oxygen atoms in total. The fourth-order valence-corrected chi connectivity index (χ4v) is 5.00. The average Bonchev–Trinajstić information content (AvgIpc) is 3.55. The highest BCUT2D eigenvalue weighted by molar-refractivity contribution is 5.85. The number of methoxy groups -OCH3 is 1. The molecule has 1 aromatic carbocycles. The minimum absolute atomic E-state index is 0.153. The van der Waals surface area contributed by atoms with Crippen LogP contribution < -0.4 is 15.8 Å². The number of nitrogen functional groups attached to an aromatic ring is 1. The summed E-state index contributed by atoms with van der Waals surface area (Å²) >= 11 is 0. The lowest BCUT2D eigenvalue weighted by Gasteiger charge is -2.27. The monoisotopic (exact) mass is 460 g/mol. The van der Waals surface area contributed by atoms with Gasteiger partial charge in [0.05, 0.1) is 19.9 Å². The number of hydrogen-bond donors (Lipinski definition) is 2. The van der Waals surface area contributed by atoms with E-state index in [2.05, 4.69) is 54.4 Å². The van der Waals surface area contributed by atoms with E-state index in [9.17, 15) is 4.39 Å². The summed E-state index contributed by atoms with van der Waals surface area (Å²) in [5.74, 6) is 0.278. The number of ether oxygens (including phenoxy) is 1. The zero-order chi connectivity index (χ0) is 23.2. The molecule has 3 aromatic heterocycles. The molecule has 2 aliphatic heterocycles. The van der Waals surface area contributed by atoms with Crippen LogP contribution in [-0.4, -0.2) is 61.7 Å². The Balaban J connectivity index is 1.34. The Morgan fingerprint density at radius 1 is 1.12 bits per heavy atom. The van der Waals surface area contributed by atoms with Gasteiger partial charge in [-0.3, -0.25) is 9.88 Å². The smallest absolute Gasteiger partial charge is 0.320 e. The van der Waals surface area contributed by atoms with Crippen LogP contribution in [0, 0.1) is 5.82 Å². The molecule has 6 rings (SSSR count). The van der Waals surface area contributed by atoms with Gasteiger partial charge in [0.15, 0.2) is 17.0 Å². The number of hydrogen-bond acceptors (Lipinski definition) is 8. The minimum atomic E-state index is -0.442. The summed E-state index contributed by atoms with van der Waals surface area (Å²) < 4.78 is 21.1. The normalized spacial score (nSPS) is 19.8. The van der Waals surface area contributed by atoms with Crippen molar-refractivity contribution in [2.24, 2.45) is 0 Å².